The van der Waals surface area contributed by atoms with Gasteiger partial charge < -0.3 is 9.47 Å². The Bertz CT molecular complexity index is 854. The number of hydrogen-bond donors (Lipinski definition) is 0. The maximum absolute atomic E-state index is 12.0. The van der Waals surface area contributed by atoms with Crippen molar-refractivity contribution in [3.05, 3.63) is 95.6 Å². The minimum absolute atomic E-state index is 0.342. The highest BCUT2D eigenvalue weighted by Crippen LogP contribution is 2.52. The van der Waals surface area contributed by atoms with Gasteiger partial charge in [0.05, 0.1) is 0 Å². The predicted molar refractivity (Wildman–Crippen MR) is 91.0 cm³/mol. The average Bonchev–Trinajstić information content (AvgIpc) is 2.62. The van der Waals surface area contributed by atoms with Crippen LogP contribution in [0.3, 0.4) is 0 Å². The molecule has 3 aromatic rings. The van der Waals surface area contributed by atoms with Crippen LogP contribution in [0.4, 0.5) is 0 Å². The Morgan fingerprint density at radius 1 is 0.792 bits per heavy atom. The third-order valence-corrected chi connectivity index (χ3v) is 4.23. The number of fused-ring (bicyclic) bond motifs is 2. The maximum Gasteiger partial charge on any atom is 0.304 e. The van der Waals surface area contributed by atoms with Crippen molar-refractivity contribution in [1.82, 2.24) is 0 Å². The molecular weight excluding hydrogens is 300 g/mol. The third kappa shape index (κ3) is 2.09. The number of hydrogen-bond acceptors (Lipinski definition) is 3. The predicted octanol–water partition coefficient (Wildman–Crippen LogP) is 4.65. The van der Waals surface area contributed by atoms with Crippen LogP contribution in [0.5, 0.6) is 11.5 Å². The molecule has 0 fully saturated rings. The summed E-state index contributed by atoms with van der Waals surface area (Å²) in [6.45, 7) is 1.44. The van der Waals surface area contributed by atoms with E-state index < -0.39 is 5.60 Å². The lowest BCUT2D eigenvalue weighted by Crippen LogP contribution is -2.37. The second-order valence-corrected chi connectivity index (χ2v) is 5.74. The highest BCUT2D eigenvalue weighted by atomic mass is 16.6. The monoisotopic (exact) mass is 316 g/mol. The molecule has 0 saturated carbocycles. The molecule has 4 rings (SSSR count). The van der Waals surface area contributed by atoms with Crippen molar-refractivity contribution in [3.8, 4) is 11.5 Å². The Balaban J connectivity index is 2.10. The lowest BCUT2D eigenvalue weighted by Gasteiger charge is -2.39. The molecule has 0 N–H and O–H groups in total. The molecule has 0 saturated heterocycles. The van der Waals surface area contributed by atoms with Gasteiger partial charge >= 0.3 is 5.97 Å². The summed E-state index contributed by atoms with van der Waals surface area (Å²) in [6, 6.07) is 25.1. The zero-order chi connectivity index (χ0) is 16.6. The van der Waals surface area contributed by atoms with Crippen LogP contribution in [0.15, 0.2) is 78.9 Å². The van der Waals surface area contributed by atoms with E-state index in [2.05, 4.69) is 0 Å². The highest BCUT2D eigenvalue weighted by Gasteiger charge is 2.46. The topological polar surface area (TPSA) is 35.5 Å². The summed E-state index contributed by atoms with van der Waals surface area (Å²) in [5.74, 6) is 1.05. The van der Waals surface area contributed by atoms with Gasteiger partial charge in [-0.15, -0.1) is 0 Å². The van der Waals surface area contributed by atoms with E-state index >= 15 is 0 Å². The molecule has 118 valence electrons. The zero-order valence-corrected chi connectivity index (χ0v) is 13.2. The maximum atomic E-state index is 12.0. The first kappa shape index (κ1) is 14.5. The quantitative estimate of drug-likeness (QED) is 0.646. The summed E-state index contributed by atoms with van der Waals surface area (Å²) >= 11 is 0. The van der Waals surface area contributed by atoms with Crippen LogP contribution in [0.2, 0.25) is 0 Å². The number of esters is 1. The first-order valence-corrected chi connectivity index (χ1v) is 7.84. The Morgan fingerprint density at radius 3 is 1.83 bits per heavy atom. The minimum Gasteiger partial charge on any atom is -0.456 e. The van der Waals surface area contributed by atoms with Gasteiger partial charge in [0.1, 0.15) is 11.5 Å². The fraction of sp³-hybridized carbons (Fsp3) is 0.0952. The first-order chi connectivity index (χ1) is 11.7. The lowest BCUT2D eigenvalue weighted by molar-refractivity contribution is -0.151. The molecule has 0 radical (unpaired) electrons. The van der Waals surface area contributed by atoms with Gasteiger partial charge in [0.15, 0.2) is 5.60 Å². The molecule has 1 aliphatic rings. The van der Waals surface area contributed by atoms with Gasteiger partial charge in [-0.3, -0.25) is 4.79 Å². The van der Waals surface area contributed by atoms with E-state index in [1.165, 1.54) is 6.92 Å². The molecule has 0 amide bonds. The van der Waals surface area contributed by atoms with Crippen molar-refractivity contribution in [3.63, 3.8) is 0 Å². The first-order valence-electron chi connectivity index (χ1n) is 7.84. The largest absolute Gasteiger partial charge is 0.456 e. The van der Waals surface area contributed by atoms with Crippen LogP contribution < -0.4 is 4.74 Å². The molecule has 3 nitrogen and oxygen atoms in total. The molecule has 1 aliphatic heterocycles. The summed E-state index contributed by atoms with van der Waals surface area (Å²) in [6.07, 6.45) is 0. The van der Waals surface area contributed by atoms with Gasteiger partial charge in [-0.1, -0.05) is 66.7 Å². The molecule has 1 heterocycles. The Kier molecular flexibility index (Phi) is 3.35. The molecule has 24 heavy (non-hydrogen) atoms. The minimum atomic E-state index is -1.02. The van der Waals surface area contributed by atoms with Crippen LogP contribution in [0.25, 0.3) is 0 Å². The molecular formula is C21H16O3. The zero-order valence-electron chi connectivity index (χ0n) is 13.2. The van der Waals surface area contributed by atoms with Crippen LogP contribution in [-0.4, -0.2) is 5.97 Å². The van der Waals surface area contributed by atoms with Crippen molar-refractivity contribution in [1.29, 1.82) is 0 Å². The van der Waals surface area contributed by atoms with E-state index in [1.807, 2.05) is 78.9 Å². The van der Waals surface area contributed by atoms with Crippen molar-refractivity contribution >= 4 is 5.97 Å². The molecule has 0 atom stereocenters. The third-order valence-electron chi connectivity index (χ3n) is 4.23. The molecule has 0 unspecified atom stereocenters. The standard InChI is InChI=1S/C21H16O3/c1-15(22)24-21(16-9-3-2-4-10-16)17-11-5-7-13-19(17)23-20-14-8-6-12-18(20)21/h2-14H,1H3. The Morgan fingerprint density at radius 2 is 1.29 bits per heavy atom. The molecule has 0 bridgehead atoms. The van der Waals surface area contributed by atoms with E-state index in [4.69, 9.17) is 9.47 Å². The van der Waals surface area contributed by atoms with Crippen LogP contribution in [0.1, 0.15) is 23.6 Å². The van der Waals surface area contributed by atoms with Crippen LogP contribution in [0, 0.1) is 0 Å². The Labute approximate surface area is 140 Å². The number of benzene rings is 3. The Hall–Kier alpha value is -3.07. The van der Waals surface area contributed by atoms with Gasteiger partial charge in [-0.05, 0) is 12.1 Å². The fourth-order valence-electron chi connectivity index (χ4n) is 3.32. The van der Waals surface area contributed by atoms with Crippen LogP contribution >= 0.6 is 0 Å². The van der Waals surface area contributed by atoms with Crippen LogP contribution in [-0.2, 0) is 15.1 Å². The van der Waals surface area contributed by atoms with Gasteiger partial charge in [0.2, 0.25) is 0 Å². The lowest BCUT2D eigenvalue weighted by atomic mass is 9.78. The fourth-order valence-corrected chi connectivity index (χ4v) is 3.32. The summed E-state index contributed by atoms with van der Waals surface area (Å²) < 4.78 is 12.0. The summed E-state index contributed by atoms with van der Waals surface area (Å²) in [7, 11) is 0. The smallest absolute Gasteiger partial charge is 0.304 e. The SMILES string of the molecule is CC(=O)OC1(c2ccccc2)c2ccccc2Oc2ccccc21. The summed E-state index contributed by atoms with van der Waals surface area (Å²) in [4.78, 5) is 12.0. The normalized spacial score (nSPS) is 14.0. The molecule has 3 aromatic carbocycles. The second-order valence-electron chi connectivity index (χ2n) is 5.74. The molecule has 3 heteroatoms. The van der Waals surface area contributed by atoms with Gasteiger partial charge in [0.25, 0.3) is 0 Å². The van der Waals surface area contributed by atoms with Gasteiger partial charge in [-0.25, -0.2) is 0 Å². The number of para-hydroxylation sites is 2. The van der Waals surface area contributed by atoms with E-state index in [0.29, 0.717) is 11.5 Å². The van der Waals surface area contributed by atoms with Gasteiger partial charge in [0, 0.05) is 23.6 Å². The van der Waals surface area contributed by atoms with E-state index in [0.717, 1.165) is 16.7 Å². The van der Waals surface area contributed by atoms with E-state index in [-0.39, 0.29) is 5.97 Å². The average molecular weight is 316 g/mol. The summed E-state index contributed by atoms with van der Waals surface area (Å²) in [5.41, 5.74) is 1.53. The summed E-state index contributed by atoms with van der Waals surface area (Å²) in [5, 5.41) is 0. The number of carbonyl (C=O) groups is 1. The van der Waals surface area contributed by atoms with Gasteiger partial charge in [-0.2, -0.15) is 0 Å². The van der Waals surface area contributed by atoms with Crippen molar-refractivity contribution in [2.75, 3.05) is 0 Å². The van der Waals surface area contributed by atoms with Crippen molar-refractivity contribution in [2.45, 2.75) is 12.5 Å². The molecule has 0 spiro atoms. The number of ether oxygens (including phenoxy) is 2. The molecule has 0 aliphatic carbocycles. The number of carbonyl (C=O) groups excluding carboxylic acids is 1. The van der Waals surface area contributed by atoms with E-state index in [1.54, 1.807) is 0 Å². The van der Waals surface area contributed by atoms with Crippen molar-refractivity contribution < 1.29 is 14.3 Å². The van der Waals surface area contributed by atoms with E-state index in [9.17, 15) is 4.79 Å². The second kappa shape index (κ2) is 5.53. The molecule has 0 aromatic heterocycles. The number of rotatable bonds is 2. The van der Waals surface area contributed by atoms with Crippen molar-refractivity contribution in [2.24, 2.45) is 0 Å². The highest BCUT2D eigenvalue weighted by molar-refractivity contribution is 5.71.